The quantitative estimate of drug-likeness (QED) is 0.749. The van der Waals surface area contributed by atoms with E-state index in [-0.39, 0.29) is 0 Å². The van der Waals surface area contributed by atoms with Crippen molar-refractivity contribution < 1.29 is 9.84 Å². The highest BCUT2D eigenvalue weighted by atomic mass is 79.9. The number of rotatable bonds is 3. The van der Waals surface area contributed by atoms with Crippen LogP contribution in [0.25, 0.3) is 0 Å². The minimum Gasteiger partial charge on any atom is -0.508 e. The number of hydrogen-bond donors (Lipinski definition) is 1. The number of ether oxygens (including phenoxy) is 1. The minimum atomic E-state index is 0.291. The van der Waals surface area contributed by atoms with Gasteiger partial charge in [-0.15, -0.1) is 0 Å². The first-order valence-corrected chi connectivity index (χ1v) is 8.05. The molecule has 1 saturated carbocycles. The summed E-state index contributed by atoms with van der Waals surface area (Å²) in [6.07, 6.45) is 2.68. The Hall–Kier alpha value is -1.000. The Morgan fingerprint density at radius 1 is 1.00 bits per heavy atom. The molecule has 0 saturated heterocycles. The summed E-state index contributed by atoms with van der Waals surface area (Å²) in [6.45, 7) is 0.885. The highest BCUT2D eigenvalue weighted by Gasteiger charge is 2.21. The van der Waals surface area contributed by atoms with E-state index in [4.69, 9.17) is 9.84 Å². The predicted molar refractivity (Wildman–Crippen MR) is 88.2 cm³/mol. The fourth-order valence-corrected chi connectivity index (χ4v) is 2.30. The van der Waals surface area contributed by atoms with Crippen molar-refractivity contribution in [1.29, 1.82) is 0 Å². The van der Waals surface area contributed by atoms with Crippen molar-refractivity contribution in [3.05, 3.63) is 57.5 Å². The number of benzene rings is 2. The summed E-state index contributed by atoms with van der Waals surface area (Å²) in [7, 11) is 0. The van der Waals surface area contributed by atoms with Crippen LogP contribution in [0.15, 0.2) is 57.5 Å². The molecule has 3 rings (SSSR count). The average molecular weight is 400 g/mol. The largest absolute Gasteiger partial charge is 0.508 e. The van der Waals surface area contributed by atoms with Gasteiger partial charge in [-0.25, -0.2) is 0 Å². The van der Waals surface area contributed by atoms with Gasteiger partial charge in [0, 0.05) is 8.95 Å². The molecule has 0 aliphatic heterocycles. The monoisotopic (exact) mass is 398 g/mol. The first kappa shape index (κ1) is 15.4. The van der Waals surface area contributed by atoms with Crippen LogP contribution in [0.1, 0.15) is 12.8 Å². The Morgan fingerprint density at radius 3 is 2.15 bits per heavy atom. The summed E-state index contributed by atoms with van der Waals surface area (Å²) in [4.78, 5) is 0. The van der Waals surface area contributed by atoms with Gasteiger partial charge in [-0.3, -0.25) is 0 Å². The summed E-state index contributed by atoms with van der Waals surface area (Å²) in [5, 5.41) is 8.78. The minimum absolute atomic E-state index is 0.291. The molecule has 0 heterocycles. The summed E-state index contributed by atoms with van der Waals surface area (Å²) in [5.41, 5.74) is 0. The molecule has 0 amide bonds. The van der Waals surface area contributed by atoms with Crippen molar-refractivity contribution in [1.82, 2.24) is 0 Å². The number of phenols is 1. The lowest BCUT2D eigenvalue weighted by Gasteiger charge is -2.04. The van der Waals surface area contributed by atoms with E-state index in [1.807, 2.05) is 30.3 Å². The van der Waals surface area contributed by atoms with Crippen LogP contribution in [-0.4, -0.2) is 11.7 Å². The topological polar surface area (TPSA) is 29.5 Å². The van der Waals surface area contributed by atoms with E-state index in [2.05, 4.69) is 31.9 Å². The Morgan fingerprint density at radius 2 is 1.65 bits per heavy atom. The second kappa shape index (κ2) is 7.70. The maximum Gasteiger partial charge on any atom is 0.120 e. The Balaban J connectivity index is 0.000000160. The van der Waals surface area contributed by atoms with Crippen LogP contribution in [0.3, 0.4) is 0 Å². The van der Waals surface area contributed by atoms with E-state index < -0.39 is 0 Å². The highest BCUT2D eigenvalue weighted by Crippen LogP contribution is 2.29. The number of hydrogen-bond acceptors (Lipinski definition) is 2. The zero-order chi connectivity index (χ0) is 14.4. The van der Waals surface area contributed by atoms with E-state index in [1.165, 1.54) is 12.8 Å². The molecule has 106 valence electrons. The van der Waals surface area contributed by atoms with Gasteiger partial charge in [0.25, 0.3) is 0 Å². The first-order valence-electron chi connectivity index (χ1n) is 6.46. The molecule has 0 radical (unpaired) electrons. The average Bonchev–Trinajstić information content (AvgIpc) is 3.21. The smallest absolute Gasteiger partial charge is 0.120 e. The van der Waals surface area contributed by atoms with Crippen LogP contribution in [0, 0.1) is 5.92 Å². The molecule has 1 aliphatic rings. The molecule has 2 nitrogen and oxygen atoms in total. The SMILES string of the molecule is Brc1cccc(OCC2CC2)c1.Oc1cccc(Br)c1. The molecule has 20 heavy (non-hydrogen) atoms. The molecule has 1 N–H and O–H groups in total. The molecule has 0 aromatic heterocycles. The van der Waals surface area contributed by atoms with Crippen molar-refractivity contribution in [3.8, 4) is 11.5 Å². The Bertz CT molecular complexity index is 536. The van der Waals surface area contributed by atoms with Gasteiger partial charge in [-0.05, 0) is 55.2 Å². The summed E-state index contributed by atoms with van der Waals surface area (Å²) in [6, 6.07) is 14.9. The van der Waals surface area contributed by atoms with Crippen molar-refractivity contribution in [2.24, 2.45) is 5.92 Å². The molecule has 0 unspecified atom stereocenters. The predicted octanol–water partition coefficient (Wildman–Crippen LogP) is 5.39. The molecule has 0 bridgehead atoms. The third kappa shape index (κ3) is 5.97. The maximum absolute atomic E-state index is 8.78. The van der Waals surface area contributed by atoms with Crippen LogP contribution >= 0.6 is 31.9 Å². The fraction of sp³-hybridized carbons (Fsp3) is 0.250. The van der Waals surface area contributed by atoms with Gasteiger partial charge in [0.05, 0.1) is 6.61 Å². The van der Waals surface area contributed by atoms with Gasteiger partial charge in [0.1, 0.15) is 11.5 Å². The third-order valence-corrected chi connectivity index (χ3v) is 3.77. The molecule has 0 spiro atoms. The van der Waals surface area contributed by atoms with Crippen molar-refractivity contribution in [2.45, 2.75) is 12.8 Å². The number of halogens is 2. The summed E-state index contributed by atoms with van der Waals surface area (Å²) >= 11 is 6.61. The van der Waals surface area contributed by atoms with Gasteiger partial charge in [-0.2, -0.15) is 0 Å². The normalized spacial score (nSPS) is 13.3. The molecule has 4 heteroatoms. The lowest BCUT2D eigenvalue weighted by molar-refractivity contribution is 0.299. The van der Waals surface area contributed by atoms with Gasteiger partial charge < -0.3 is 9.84 Å². The lowest BCUT2D eigenvalue weighted by atomic mass is 10.3. The van der Waals surface area contributed by atoms with E-state index in [1.54, 1.807) is 18.2 Å². The lowest BCUT2D eigenvalue weighted by Crippen LogP contribution is -1.98. The molecule has 2 aromatic carbocycles. The van der Waals surface area contributed by atoms with Crippen LogP contribution in [-0.2, 0) is 0 Å². The second-order valence-corrected chi connectivity index (χ2v) is 6.52. The van der Waals surface area contributed by atoms with Gasteiger partial charge in [-0.1, -0.05) is 44.0 Å². The standard InChI is InChI=1S/C10H11BrO.C6H5BrO/c11-9-2-1-3-10(6-9)12-7-8-4-5-8;7-5-2-1-3-6(8)4-5/h1-3,6,8H,4-5,7H2;1-4,8H. The molecule has 1 fully saturated rings. The first-order chi connectivity index (χ1) is 9.63. The van der Waals surface area contributed by atoms with E-state index in [0.29, 0.717) is 5.75 Å². The highest BCUT2D eigenvalue weighted by molar-refractivity contribution is 9.10. The van der Waals surface area contributed by atoms with Crippen LogP contribution < -0.4 is 4.74 Å². The molecular formula is C16H16Br2O2. The van der Waals surface area contributed by atoms with E-state index in [9.17, 15) is 0 Å². The molecular weight excluding hydrogens is 384 g/mol. The zero-order valence-electron chi connectivity index (χ0n) is 10.9. The molecule has 2 aromatic rings. The van der Waals surface area contributed by atoms with Crippen molar-refractivity contribution in [3.63, 3.8) is 0 Å². The van der Waals surface area contributed by atoms with Crippen LogP contribution in [0.5, 0.6) is 11.5 Å². The van der Waals surface area contributed by atoms with E-state index in [0.717, 1.165) is 27.2 Å². The van der Waals surface area contributed by atoms with Crippen LogP contribution in [0.2, 0.25) is 0 Å². The van der Waals surface area contributed by atoms with Gasteiger partial charge in [0.2, 0.25) is 0 Å². The Kier molecular flexibility index (Phi) is 5.92. The zero-order valence-corrected chi connectivity index (χ0v) is 14.1. The summed E-state index contributed by atoms with van der Waals surface area (Å²) < 4.78 is 7.56. The van der Waals surface area contributed by atoms with Crippen LogP contribution in [0.4, 0.5) is 0 Å². The summed E-state index contributed by atoms with van der Waals surface area (Å²) in [5.74, 6) is 2.08. The van der Waals surface area contributed by atoms with Gasteiger partial charge >= 0.3 is 0 Å². The second-order valence-electron chi connectivity index (χ2n) is 4.69. The fourth-order valence-electron chi connectivity index (χ4n) is 1.53. The maximum atomic E-state index is 8.78. The number of phenolic OH excluding ortho intramolecular Hbond substituents is 1. The van der Waals surface area contributed by atoms with Crippen molar-refractivity contribution in [2.75, 3.05) is 6.61 Å². The number of aromatic hydroxyl groups is 1. The van der Waals surface area contributed by atoms with Gasteiger partial charge in [0.15, 0.2) is 0 Å². The molecule has 0 atom stereocenters. The molecule has 1 aliphatic carbocycles. The van der Waals surface area contributed by atoms with E-state index >= 15 is 0 Å². The van der Waals surface area contributed by atoms with Crippen molar-refractivity contribution >= 4 is 31.9 Å². The third-order valence-electron chi connectivity index (χ3n) is 2.79. The Labute approximate surface area is 136 Å².